The second-order valence-electron chi connectivity index (χ2n) is 7.26. The van der Waals surface area contributed by atoms with E-state index < -0.39 is 0 Å². The maximum atomic E-state index is 2.32. The molecule has 0 radical (unpaired) electrons. The van der Waals surface area contributed by atoms with Crippen molar-refractivity contribution in [3.8, 4) is 0 Å². The van der Waals surface area contributed by atoms with Gasteiger partial charge in [0, 0.05) is 18.6 Å². The Balaban J connectivity index is 1.55. The van der Waals surface area contributed by atoms with Crippen LogP contribution in [0, 0.1) is 0 Å². The third-order valence-corrected chi connectivity index (χ3v) is 5.00. The van der Waals surface area contributed by atoms with Gasteiger partial charge in [-0.3, -0.25) is 0 Å². The third-order valence-electron chi connectivity index (χ3n) is 5.00. The molecule has 0 unspecified atom stereocenters. The molecule has 1 nitrogen and oxygen atoms in total. The number of aromatic nitrogens is 1. The van der Waals surface area contributed by atoms with Crippen LogP contribution in [0.4, 0.5) is 0 Å². The van der Waals surface area contributed by atoms with Crippen molar-refractivity contribution < 1.29 is 4.57 Å². The molecule has 0 bridgehead atoms. The van der Waals surface area contributed by atoms with Crippen molar-refractivity contribution >= 4 is 0 Å². The lowest BCUT2D eigenvalue weighted by Crippen LogP contribution is -2.32. The Labute approximate surface area is 155 Å². The largest absolute Gasteiger partial charge is 0.205 e. The van der Waals surface area contributed by atoms with Gasteiger partial charge in [-0.05, 0) is 30.4 Å². The van der Waals surface area contributed by atoms with Crippen molar-refractivity contribution in [2.24, 2.45) is 0 Å². The summed E-state index contributed by atoms with van der Waals surface area (Å²) in [6.07, 6.45) is 19.3. The molecule has 0 fully saturated rings. The summed E-state index contributed by atoms with van der Waals surface area (Å²) < 4.78 is 2.32. The SMILES string of the molecule is CCCCCCCCCCc1cc[n+](CCCc2ccccc2)cc1. The fourth-order valence-electron chi connectivity index (χ4n) is 3.38. The van der Waals surface area contributed by atoms with E-state index in [9.17, 15) is 0 Å². The molecular weight excluding hydrogens is 302 g/mol. The minimum absolute atomic E-state index is 1.10. The zero-order chi connectivity index (χ0) is 17.6. The van der Waals surface area contributed by atoms with E-state index in [0.717, 1.165) is 13.0 Å². The standard InChI is InChI=1S/C24H36N/c1-2-3-4-5-6-7-8-10-16-24-18-21-25(22-19-24)20-13-17-23-14-11-9-12-15-23/h9,11-12,14-15,18-19,21-22H,2-8,10,13,16-17,20H2,1H3/q+1. The molecule has 1 aromatic heterocycles. The van der Waals surface area contributed by atoms with E-state index in [1.165, 1.54) is 75.3 Å². The van der Waals surface area contributed by atoms with Gasteiger partial charge < -0.3 is 0 Å². The first kappa shape index (κ1) is 19.7. The van der Waals surface area contributed by atoms with E-state index in [1.54, 1.807) is 0 Å². The molecule has 0 saturated carbocycles. The van der Waals surface area contributed by atoms with Crippen molar-refractivity contribution in [3.63, 3.8) is 0 Å². The van der Waals surface area contributed by atoms with E-state index in [0.29, 0.717) is 0 Å². The maximum Gasteiger partial charge on any atom is 0.169 e. The van der Waals surface area contributed by atoms with Crippen molar-refractivity contribution in [3.05, 3.63) is 66.0 Å². The summed E-state index contributed by atoms with van der Waals surface area (Å²) >= 11 is 0. The summed E-state index contributed by atoms with van der Waals surface area (Å²) in [5.41, 5.74) is 2.93. The van der Waals surface area contributed by atoms with Gasteiger partial charge in [0.05, 0.1) is 0 Å². The highest BCUT2D eigenvalue weighted by Gasteiger charge is 2.02. The zero-order valence-corrected chi connectivity index (χ0v) is 16.1. The first-order chi connectivity index (χ1) is 12.4. The van der Waals surface area contributed by atoms with Gasteiger partial charge in [-0.15, -0.1) is 0 Å². The van der Waals surface area contributed by atoms with Crippen LogP contribution < -0.4 is 4.57 Å². The number of hydrogen-bond acceptors (Lipinski definition) is 0. The van der Waals surface area contributed by atoms with Gasteiger partial charge in [0.1, 0.15) is 6.54 Å². The molecule has 0 aliphatic heterocycles. The first-order valence-electron chi connectivity index (χ1n) is 10.4. The van der Waals surface area contributed by atoms with Gasteiger partial charge in [0.2, 0.25) is 0 Å². The number of unbranched alkanes of at least 4 members (excludes halogenated alkanes) is 7. The van der Waals surface area contributed by atoms with E-state index in [4.69, 9.17) is 0 Å². The van der Waals surface area contributed by atoms with Crippen LogP contribution in [0.25, 0.3) is 0 Å². The van der Waals surface area contributed by atoms with Gasteiger partial charge in [-0.25, -0.2) is 4.57 Å². The molecule has 2 rings (SSSR count). The van der Waals surface area contributed by atoms with Crippen LogP contribution in [-0.2, 0) is 19.4 Å². The van der Waals surface area contributed by atoms with Crippen molar-refractivity contribution in [1.29, 1.82) is 0 Å². The lowest BCUT2D eigenvalue weighted by atomic mass is 10.0. The lowest BCUT2D eigenvalue weighted by molar-refractivity contribution is -0.697. The molecule has 1 heteroatoms. The Morgan fingerprint density at radius 2 is 1.16 bits per heavy atom. The van der Waals surface area contributed by atoms with Crippen LogP contribution in [0.2, 0.25) is 0 Å². The van der Waals surface area contributed by atoms with E-state index in [1.807, 2.05) is 0 Å². The van der Waals surface area contributed by atoms with E-state index >= 15 is 0 Å². The molecule has 1 aromatic carbocycles. The molecule has 0 N–H and O–H groups in total. The molecule has 0 spiro atoms. The highest BCUT2D eigenvalue weighted by Crippen LogP contribution is 2.10. The van der Waals surface area contributed by atoms with Crippen molar-refractivity contribution in [2.45, 2.75) is 84.1 Å². The molecule has 0 aliphatic carbocycles. The molecule has 25 heavy (non-hydrogen) atoms. The van der Waals surface area contributed by atoms with Crippen LogP contribution in [0.1, 0.15) is 75.8 Å². The van der Waals surface area contributed by atoms with Gasteiger partial charge in [-0.1, -0.05) is 82.2 Å². The summed E-state index contributed by atoms with van der Waals surface area (Å²) in [7, 11) is 0. The second-order valence-corrected chi connectivity index (χ2v) is 7.26. The average molecular weight is 339 g/mol. The second kappa shape index (κ2) is 12.7. The number of hydrogen-bond donors (Lipinski definition) is 0. The molecule has 1 heterocycles. The Kier molecular flexibility index (Phi) is 10.00. The smallest absolute Gasteiger partial charge is 0.169 e. The van der Waals surface area contributed by atoms with Crippen LogP contribution in [0.5, 0.6) is 0 Å². The predicted molar refractivity (Wildman–Crippen MR) is 108 cm³/mol. The molecule has 2 aromatic rings. The molecule has 136 valence electrons. The Bertz CT molecular complexity index is 544. The van der Waals surface area contributed by atoms with Gasteiger partial charge in [0.15, 0.2) is 12.4 Å². The Morgan fingerprint density at radius 1 is 0.600 bits per heavy atom. The fraction of sp³-hybridized carbons (Fsp3) is 0.542. The highest BCUT2D eigenvalue weighted by molar-refractivity contribution is 5.14. The molecule has 0 aliphatic rings. The predicted octanol–water partition coefficient (Wildman–Crippen LogP) is 6.29. The number of aryl methyl sites for hydroxylation is 3. The lowest BCUT2D eigenvalue weighted by Gasteiger charge is -2.03. The third kappa shape index (κ3) is 8.86. The van der Waals surface area contributed by atoms with Gasteiger partial charge in [0.25, 0.3) is 0 Å². The minimum Gasteiger partial charge on any atom is -0.205 e. The number of pyridine rings is 1. The highest BCUT2D eigenvalue weighted by atomic mass is 14.9. The monoisotopic (exact) mass is 338 g/mol. The van der Waals surface area contributed by atoms with Gasteiger partial charge in [-0.2, -0.15) is 0 Å². The maximum absolute atomic E-state index is 2.32. The molecular formula is C24H36N+. The molecule has 0 atom stereocenters. The van der Waals surface area contributed by atoms with Crippen LogP contribution in [0.3, 0.4) is 0 Å². The number of benzene rings is 1. The van der Waals surface area contributed by atoms with Crippen molar-refractivity contribution in [1.82, 2.24) is 0 Å². The minimum atomic E-state index is 1.10. The summed E-state index contributed by atoms with van der Waals surface area (Å²) in [5, 5.41) is 0. The quantitative estimate of drug-likeness (QED) is 0.298. The van der Waals surface area contributed by atoms with Crippen LogP contribution >= 0.6 is 0 Å². The van der Waals surface area contributed by atoms with Crippen LogP contribution in [-0.4, -0.2) is 0 Å². The Morgan fingerprint density at radius 3 is 1.84 bits per heavy atom. The summed E-state index contributed by atoms with van der Waals surface area (Å²) in [5.74, 6) is 0. The summed E-state index contributed by atoms with van der Waals surface area (Å²) in [6.45, 7) is 3.39. The van der Waals surface area contributed by atoms with E-state index in [-0.39, 0.29) is 0 Å². The Hall–Kier alpha value is -1.63. The van der Waals surface area contributed by atoms with E-state index in [2.05, 4.69) is 66.3 Å². The summed E-state index contributed by atoms with van der Waals surface area (Å²) in [4.78, 5) is 0. The number of rotatable bonds is 13. The topological polar surface area (TPSA) is 3.88 Å². The van der Waals surface area contributed by atoms with Gasteiger partial charge >= 0.3 is 0 Å². The van der Waals surface area contributed by atoms with Crippen LogP contribution in [0.15, 0.2) is 54.9 Å². The first-order valence-corrected chi connectivity index (χ1v) is 10.4. The average Bonchev–Trinajstić information content (AvgIpc) is 2.66. The normalized spacial score (nSPS) is 10.9. The number of nitrogens with zero attached hydrogens (tertiary/aromatic N) is 1. The summed E-state index contributed by atoms with van der Waals surface area (Å²) in [6, 6.07) is 15.4. The van der Waals surface area contributed by atoms with Crippen molar-refractivity contribution in [2.75, 3.05) is 0 Å². The molecule has 0 saturated heterocycles. The fourth-order valence-corrected chi connectivity index (χ4v) is 3.38. The zero-order valence-electron chi connectivity index (χ0n) is 16.1. The molecule has 0 amide bonds.